The van der Waals surface area contributed by atoms with E-state index in [-0.39, 0.29) is 28.8 Å². The van der Waals surface area contributed by atoms with Gasteiger partial charge in [0.25, 0.3) is 5.56 Å². The first-order valence-electron chi connectivity index (χ1n) is 9.97. The van der Waals surface area contributed by atoms with Crippen molar-refractivity contribution in [2.45, 2.75) is 52.0 Å². The smallest absolute Gasteiger partial charge is 0.250 e. The first kappa shape index (κ1) is 17.8. The van der Waals surface area contributed by atoms with Gasteiger partial charge >= 0.3 is 0 Å². The van der Waals surface area contributed by atoms with E-state index in [4.69, 9.17) is 4.74 Å². The number of nitrogens with zero attached hydrogens (tertiary/aromatic N) is 2. The van der Waals surface area contributed by atoms with Crippen molar-refractivity contribution in [1.29, 1.82) is 0 Å². The number of carbonyl (C=O) groups is 1. The van der Waals surface area contributed by atoms with Crippen LogP contribution in [0.2, 0.25) is 0 Å². The molecule has 5 nitrogen and oxygen atoms in total. The Hall–Kier alpha value is -1.62. The number of rotatable bonds is 4. The van der Waals surface area contributed by atoms with Gasteiger partial charge in [-0.3, -0.25) is 9.59 Å². The van der Waals surface area contributed by atoms with Crippen LogP contribution in [0.3, 0.4) is 0 Å². The van der Waals surface area contributed by atoms with Crippen molar-refractivity contribution in [3.05, 3.63) is 34.2 Å². The van der Waals surface area contributed by atoms with Crippen LogP contribution in [-0.4, -0.2) is 41.7 Å². The zero-order valence-corrected chi connectivity index (χ0v) is 16.1. The lowest BCUT2D eigenvalue weighted by molar-refractivity contribution is -0.171. The van der Waals surface area contributed by atoms with Gasteiger partial charge in [0, 0.05) is 36.8 Å². The molecule has 0 unspecified atom stereocenters. The third-order valence-corrected chi connectivity index (χ3v) is 6.48. The quantitative estimate of drug-likeness (QED) is 0.832. The highest BCUT2D eigenvalue weighted by Gasteiger charge is 2.48. The number of amides is 1. The molecule has 3 aliphatic heterocycles. The van der Waals surface area contributed by atoms with Crippen LogP contribution in [0.5, 0.6) is 0 Å². The molecule has 5 heteroatoms. The lowest BCUT2D eigenvalue weighted by Crippen LogP contribution is -2.58. The third kappa shape index (κ3) is 2.90. The normalized spacial score (nSPS) is 29.2. The minimum absolute atomic E-state index is 0.116. The molecule has 142 valence electrons. The second-order valence-electron chi connectivity index (χ2n) is 9.15. The van der Waals surface area contributed by atoms with Crippen molar-refractivity contribution in [2.75, 3.05) is 26.3 Å². The van der Waals surface area contributed by atoms with Crippen LogP contribution >= 0.6 is 0 Å². The minimum atomic E-state index is -0.352. The van der Waals surface area contributed by atoms with E-state index in [0.29, 0.717) is 25.0 Å². The Kier molecular flexibility index (Phi) is 4.46. The Balaban J connectivity index is 1.65. The van der Waals surface area contributed by atoms with E-state index in [1.807, 2.05) is 13.0 Å². The SMILES string of the molecule is CC(C)CC[C@H]1[C@H]2C[C@H](CN(C(=O)C3(C)COC3)C2)c2cccc(=O)n21. The lowest BCUT2D eigenvalue weighted by atomic mass is 9.75. The molecule has 0 aliphatic carbocycles. The van der Waals surface area contributed by atoms with Gasteiger partial charge in [-0.05, 0) is 44.1 Å². The number of ether oxygens (including phenoxy) is 1. The van der Waals surface area contributed by atoms with E-state index in [1.54, 1.807) is 6.07 Å². The molecule has 0 N–H and O–H groups in total. The Morgan fingerprint density at radius 3 is 2.73 bits per heavy atom. The maximum atomic E-state index is 13.1. The molecule has 2 fully saturated rings. The number of pyridine rings is 1. The highest BCUT2D eigenvalue weighted by Crippen LogP contribution is 2.44. The molecule has 4 heterocycles. The number of fused-ring (bicyclic) bond motifs is 4. The summed E-state index contributed by atoms with van der Waals surface area (Å²) >= 11 is 0. The number of aromatic nitrogens is 1. The second kappa shape index (κ2) is 6.52. The number of hydrogen-bond donors (Lipinski definition) is 0. The fourth-order valence-electron chi connectivity index (χ4n) is 4.99. The highest BCUT2D eigenvalue weighted by molar-refractivity contribution is 5.83. The molecule has 0 radical (unpaired) electrons. The Labute approximate surface area is 155 Å². The van der Waals surface area contributed by atoms with Gasteiger partial charge in [-0.25, -0.2) is 0 Å². The van der Waals surface area contributed by atoms with Crippen molar-refractivity contribution < 1.29 is 9.53 Å². The average Bonchev–Trinajstić information content (AvgIpc) is 2.59. The predicted molar refractivity (Wildman–Crippen MR) is 100 cm³/mol. The molecule has 26 heavy (non-hydrogen) atoms. The van der Waals surface area contributed by atoms with Gasteiger partial charge in [-0.1, -0.05) is 19.9 Å². The molecular formula is C21H30N2O3. The van der Waals surface area contributed by atoms with E-state index in [2.05, 4.69) is 29.4 Å². The first-order valence-corrected chi connectivity index (χ1v) is 9.97. The summed E-state index contributed by atoms with van der Waals surface area (Å²) in [7, 11) is 0. The summed E-state index contributed by atoms with van der Waals surface area (Å²) in [5, 5.41) is 0. The molecule has 1 aromatic rings. The van der Waals surface area contributed by atoms with Gasteiger partial charge in [0.2, 0.25) is 5.91 Å². The molecule has 4 rings (SSSR count). The Morgan fingerprint density at radius 1 is 1.31 bits per heavy atom. The van der Waals surface area contributed by atoms with E-state index in [1.165, 1.54) is 0 Å². The van der Waals surface area contributed by atoms with E-state index >= 15 is 0 Å². The summed E-state index contributed by atoms with van der Waals surface area (Å²) in [5.74, 6) is 1.48. The zero-order chi connectivity index (χ0) is 18.5. The second-order valence-corrected chi connectivity index (χ2v) is 9.15. The topological polar surface area (TPSA) is 51.5 Å². The molecular weight excluding hydrogens is 328 g/mol. The van der Waals surface area contributed by atoms with E-state index in [9.17, 15) is 9.59 Å². The maximum absolute atomic E-state index is 13.1. The van der Waals surface area contributed by atoms with Crippen molar-refractivity contribution in [3.8, 4) is 0 Å². The number of hydrogen-bond acceptors (Lipinski definition) is 3. The van der Waals surface area contributed by atoms with E-state index < -0.39 is 0 Å². The summed E-state index contributed by atoms with van der Waals surface area (Å²) in [5.41, 5.74) is 0.884. The number of likely N-dealkylation sites (tertiary alicyclic amines) is 1. The molecule has 0 spiro atoms. The maximum Gasteiger partial charge on any atom is 0.250 e. The van der Waals surface area contributed by atoms with Crippen LogP contribution in [0.1, 0.15) is 57.7 Å². The Morgan fingerprint density at radius 2 is 2.08 bits per heavy atom. The lowest BCUT2D eigenvalue weighted by Gasteiger charge is -2.50. The Bertz CT molecular complexity index is 750. The van der Waals surface area contributed by atoms with Crippen LogP contribution in [0.25, 0.3) is 0 Å². The molecule has 3 atom stereocenters. The van der Waals surface area contributed by atoms with Crippen LogP contribution in [0.4, 0.5) is 0 Å². The zero-order valence-electron chi connectivity index (χ0n) is 16.1. The van der Waals surface area contributed by atoms with Crippen LogP contribution < -0.4 is 5.56 Å². The van der Waals surface area contributed by atoms with Crippen molar-refractivity contribution in [3.63, 3.8) is 0 Å². The monoisotopic (exact) mass is 358 g/mol. The molecule has 0 saturated carbocycles. The van der Waals surface area contributed by atoms with Gasteiger partial charge < -0.3 is 14.2 Å². The summed E-state index contributed by atoms with van der Waals surface area (Å²) in [6, 6.07) is 5.85. The number of piperidine rings is 1. The van der Waals surface area contributed by atoms with Crippen LogP contribution in [0, 0.1) is 17.3 Å². The third-order valence-electron chi connectivity index (χ3n) is 6.48. The average molecular weight is 358 g/mol. The van der Waals surface area contributed by atoms with E-state index in [0.717, 1.165) is 38.0 Å². The van der Waals surface area contributed by atoms with Crippen molar-refractivity contribution in [2.24, 2.45) is 17.3 Å². The minimum Gasteiger partial charge on any atom is -0.379 e. The summed E-state index contributed by atoms with van der Waals surface area (Å²) in [4.78, 5) is 27.8. The van der Waals surface area contributed by atoms with Gasteiger partial charge in [0.15, 0.2) is 0 Å². The van der Waals surface area contributed by atoms with Crippen LogP contribution in [0.15, 0.2) is 23.0 Å². The van der Waals surface area contributed by atoms with Gasteiger partial charge in [-0.2, -0.15) is 0 Å². The molecule has 1 aromatic heterocycles. The summed E-state index contributed by atoms with van der Waals surface area (Å²) < 4.78 is 7.36. The molecule has 3 aliphatic rings. The fraction of sp³-hybridized carbons (Fsp3) is 0.714. The molecule has 0 aromatic carbocycles. The molecule has 1 amide bonds. The first-order chi connectivity index (χ1) is 12.4. The molecule has 2 saturated heterocycles. The van der Waals surface area contributed by atoms with Crippen molar-refractivity contribution in [1.82, 2.24) is 9.47 Å². The van der Waals surface area contributed by atoms with Crippen LogP contribution in [-0.2, 0) is 9.53 Å². The highest BCUT2D eigenvalue weighted by atomic mass is 16.5. The summed E-state index contributed by atoms with van der Waals surface area (Å²) in [6.45, 7) is 9.04. The molecule has 2 bridgehead atoms. The van der Waals surface area contributed by atoms with Gasteiger partial charge in [0.05, 0.1) is 18.6 Å². The van der Waals surface area contributed by atoms with Gasteiger partial charge in [-0.15, -0.1) is 0 Å². The number of carbonyl (C=O) groups excluding carboxylic acids is 1. The largest absolute Gasteiger partial charge is 0.379 e. The van der Waals surface area contributed by atoms with Crippen molar-refractivity contribution >= 4 is 5.91 Å². The van der Waals surface area contributed by atoms with Gasteiger partial charge in [0.1, 0.15) is 0 Å². The predicted octanol–water partition coefficient (Wildman–Crippen LogP) is 2.81. The standard InChI is InChI=1S/C21H30N2O3/c1-14(2)7-8-18-16-9-15(17-5-4-6-19(24)23(17)18)10-22(11-16)20(25)21(3)12-26-13-21/h4-6,14-16,18H,7-13H2,1-3H3/t15-,16+,18+/m1/s1. The summed E-state index contributed by atoms with van der Waals surface area (Å²) in [6.07, 6.45) is 3.20. The fourth-order valence-corrected chi connectivity index (χ4v) is 4.99.